The van der Waals surface area contributed by atoms with Crippen LogP contribution in [0.15, 0.2) is 41.1 Å². The average molecular weight is 362 g/mol. The summed E-state index contributed by atoms with van der Waals surface area (Å²) >= 11 is 2.12. The molecule has 1 aliphatic rings. The van der Waals surface area contributed by atoms with Crippen LogP contribution in [0.5, 0.6) is 0 Å². The predicted octanol–water partition coefficient (Wildman–Crippen LogP) is 2.71. The number of allylic oxidation sites excluding steroid dienone is 3. The van der Waals surface area contributed by atoms with Gasteiger partial charge in [0.1, 0.15) is 0 Å². The van der Waals surface area contributed by atoms with E-state index in [0.717, 1.165) is 17.0 Å². The largest absolute Gasteiger partial charge is 0.399 e. The first-order valence-corrected chi connectivity index (χ1v) is 6.85. The van der Waals surface area contributed by atoms with Gasteiger partial charge in [-0.05, 0) is 24.6 Å². The van der Waals surface area contributed by atoms with Gasteiger partial charge in [0.05, 0.1) is 32.9 Å². The van der Waals surface area contributed by atoms with E-state index in [1.54, 1.807) is 12.1 Å². The van der Waals surface area contributed by atoms with Gasteiger partial charge in [0.2, 0.25) is 0 Å². The van der Waals surface area contributed by atoms with Gasteiger partial charge in [-0.25, -0.2) is 0 Å². The molecule has 2 rings (SSSR count). The number of nitriles is 2. The van der Waals surface area contributed by atoms with Gasteiger partial charge < -0.3 is 11.1 Å². The van der Waals surface area contributed by atoms with Crippen LogP contribution >= 0.6 is 22.6 Å². The van der Waals surface area contributed by atoms with Crippen LogP contribution in [0, 0.1) is 22.7 Å². The Hall–Kier alpha value is -1.99. The first-order chi connectivity index (χ1) is 9.08. The Kier molecular flexibility index (Phi) is 3.77. The molecule has 0 saturated carbocycles. The fraction of sp³-hybridized carbons (Fsp3) is 0.143. The molecule has 0 spiro atoms. The smallest absolute Gasteiger partial charge is 0.0984 e. The van der Waals surface area contributed by atoms with Crippen molar-refractivity contribution in [3.8, 4) is 12.1 Å². The van der Waals surface area contributed by atoms with Crippen molar-refractivity contribution in [1.82, 2.24) is 5.32 Å². The topological polar surface area (TPSA) is 85.6 Å². The van der Waals surface area contributed by atoms with Crippen molar-refractivity contribution in [2.24, 2.45) is 0 Å². The van der Waals surface area contributed by atoms with E-state index in [2.05, 4.69) is 40.0 Å². The van der Waals surface area contributed by atoms with Crippen LogP contribution in [0.25, 0.3) is 5.70 Å². The minimum absolute atomic E-state index is 0.221. The van der Waals surface area contributed by atoms with Crippen molar-refractivity contribution in [2.75, 3.05) is 5.73 Å². The lowest BCUT2D eigenvalue weighted by atomic mass is 9.96. The zero-order chi connectivity index (χ0) is 14.0. The van der Waals surface area contributed by atoms with E-state index in [1.165, 1.54) is 0 Å². The number of nitrogen functional groups attached to an aromatic ring is 1. The van der Waals surface area contributed by atoms with Crippen molar-refractivity contribution in [3.63, 3.8) is 0 Å². The number of halogens is 1. The van der Waals surface area contributed by atoms with Gasteiger partial charge in [-0.1, -0.05) is 34.7 Å². The normalized spacial score (nSPS) is 18.6. The molecule has 1 atom stereocenters. The highest BCUT2D eigenvalue weighted by Crippen LogP contribution is 2.33. The summed E-state index contributed by atoms with van der Waals surface area (Å²) in [5, 5.41) is 21.6. The molecule has 1 aliphatic heterocycles. The molecular weight excluding hydrogens is 351 g/mol. The summed E-state index contributed by atoms with van der Waals surface area (Å²) in [5.41, 5.74) is 9.92. The highest BCUT2D eigenvalue weighted by molar-refractivity contribution is 14.1. The zero-order valence-corrected chi connectivity index (χ0v) is 12.4. The molecule has 0 radical (unpaired) electrons. The van der Waals surface area contributed by atoms with Crippen LogP contribution in [0.2, 0.25) is 0 Å². The van der Waals surface area contributed by atoms with Gasteiger partial charge in [-0.15, -0.1) is 0 Å². The Labute approximate surface area is 125 Å². The summed E-state index contributed by atoms with van der Waals surface area (Å²) in [7, 11) is 0. The number of alkyl halides is 1. The zero-order valence-electron chi connectivity index (χ0n) is 10.2. The number of hydrogen-bond acceptors (Lipinski definition) is 4. The first-order valence-electron chi connectivity index (χ1n) is 5.60. The molecule has 3 N–H and O–H groups in total. The Morgan fingerprint density at radius 1 is 1.16 bits per heavy atom. The Morgan fingerprint density at radius 3 is 2.26 bits per heavy atom. The molecule has 0 amide bonds. The molecule has 0 bridgehead atoms. The lowest BCUT2D eigenvalue weighted by Gasteiger charge is -2.24. The second-order valence-corrected chi connectivity index (χ2v) is 5.41. The number of benzene rings is 1. The van der Waals surface area contributed by atoms with Crippen LogP contribution in [0.3, 0.4) is 0 Å². The molecule has 1 aromatic carbocycles. The Balaban J connectivity index is 2.54. The van der Waals surface area contributed by atoms with E-state index in [0.29, 0.717) is 16.8 Å². The Morgan fingerprint density at radius 2 is 1.74 bits per heavy atom. The maximum absolute atomic E-state index is 9.34. The number of anilines is 1. The highest BCUT2D eigenvalue weighted by atomic mass is 127. The number of hydrogen-bond donors (Lipinski definition) is 2. The van der Waals surface area contributed by atoms with E-state index in [9.17, 15) is 5.26 Å². The second-order valence-electron chi connectivity index (χ2n) is 4.16. The SMILES string of the molecule is CC1=C(C#N)C(I)C(C#N)=C(c2ccc(N)cc2)N1. The van der Waals surface area contributed by atoms with Crippen LogP contribution in [-0.2, 0) is 0 Å². The Bertz CT molecular complexity index is 656. The van der Waals surface area contributed by atoms with Gasteiger partial charge in [-0.2, -0.15) is 10.5 Å². The van der Waals surface area contributed by atoms with Gasteiger partial charge in [0.25, 0.3) is 0 Å². The minimum Gasteiger partial charge on any atom is -0.399 e. The molecule has 1 unspecified atom stereocenters. The maximum Gasteiger partial charge on any atom is 0.0984 e. The summed E-state index contributed by atoms with van der Waals surface area (Å²) in [4.78, 5) is 0. The number of nitrogens with one attached hydrogen (secondary N) is 1. The van der Waals surface area contributed by atoms with E-state index in [1.807, 2.05) is 19.1 Å². The maximum atomic E-state index is 9.34. The molecule has 1 heterocycles. The van der Waals surface area contributed by atoms with Crippen LogP contribution in [0.1, 0.15) is 12.5 Å². The quantitative estimate of drug-likeness (QED) is 0.457. The van der Waals surface area contributed by atoms with E-state index < -0.39 is 0 Å². The molecule has 0 fully saturated rings. The van der Waals surface area contributed by atoms with Crippen molar-refractivity contribution in [3.05, 3.63) is 46.7 Å². The highest BCUT2D eigenvalue weighted by Gasteiger charge is 2.27. The third kappa shape index (κ3) is 2.42. The third-order valence-corrected chi connectivity index (χ3v) is 4.18. The van der Waals surface area contributed by atoms with Gasteiger partial charge in [-0.3, -0.25) is 0 Å². The van der Waals surface area contributed by atoms with E-state index in [4.69, 9.17) is 11.0 Å². The summed E-state index contributed by atoms with van der Waals surface area (Å²) in [6.45, 7) is 1.84. The molecule has 19 heavy (non-hydrogen) atoms. The van der Waals surface area contributed by atoms with Crippen LogP contribution in [-0.4, -0.2) is 3.92 Å². The molecule has 0 aromatic heterocycles. The minimum atomic E-state index is -0.221. The molecule has 5 heteroatoms. The molecular formula is C14H11IN4. The number of nitrogens with two attached hydrogens (primary N) is 1. The monoisotopic (exact) mass is 362 g/mol. The first kappa shape index (κ1) is 13.4. The fourth-order valence-corrected chi connectivity index (χ4v) is 2.97. The lowest BCUT2D eigenvalue weighted by Crippen LogP contribution is -2.25. The average Bonchev–Trinajstić information content (AvgIpc) is 2.39. The summed E-state index contributed by atoms with van der Waals surface area (Å²) in [6, 6.07) is 11.7. The molecule has 0 aliphatic carbocycles. The molecule has 4 nitrogen and oxygen atoms in total. The number of dihydropyridines is 1. The fourth-order valence-electron chi connectivity index (χ4n) is 1.91. The van der Waals surface area contributed by atoms with Crippen molar-refractivity contribution in [1.29, 1.82) is 10.5 Å². The standard InChI is InChI=1S/C14H11IN4/c1-8-11(6-16)13(15)12(7-17)14(19-8)9-2-4-10(18)5-3-9/h2-5,13,19H,18H2,1H3. The van der Waals surface area contributed by atoms with Crippen molar-refractivity contribution in [2.45, 2.75) is 10.8 Å². The molecule has 1 aromatic rings. The summed E-state index contributed by atoms with van der Waals surface area (Å²) < 4.78 is -0.221. The van der Waals surface area contributed by atoms with Gasteiger partial charge in [0, 0.05) is 11.4 Å². The second kappa shape index (κ2) is 5.33. The van der Waals surface area contributed by atoms with E-state index in [-0.39, 0.29) is 3.92 Å². The summed E-state index contributed by atoms with van der Waals surface area (Å²) in [5.74, 6) is 0. The molecule has 0 saturated heterocycles. The van der Waals surface area contributed by atoms with Crippen molar-refractivity contribution >= 4 is 34.0 Å². The van der Waals surface area contributed by atoms with Crippen LogP contribution in [0.4, 0.5) is 5.69 Å². The van der Waals surface area contributed by atoms with E-state index >= 15 is 0 Å². The lowest BCUT2D eigenvalue weighted by molar-refractivity contribution is 0.986. The number of rotatable bonds is 1. The van der Waals surface area contributed by atoms with Gasteiger partial charge in [0.15, 0.2) is 0 Å². The summed E-state index contributed by atoms with van der Waals surface area (Å²) in [6.07, 6.45) is 0. The van der Waals surface area contributed by atoms with Crippen molar-refractivity contribution < 1.29 is 0 Å². The third-order valence-electron chi connectivity index (χ3n) is 2.93. The molecule has 94 valence electrons. The van der Waals surface area contributed by atoms with Crippen LogP contribution < -0.4 is 11.1 Å². The predicted molar refractivity (Wildman–Crippen MR) is 82.6 cm³/mol. The number of nitrogens with zero attached hydrogens (tertiary/aromatic N) is 2. The van der Waals surface area contributed by atoms with Gasteiger partial charge >= 0.3 is 0 Å².